The highest BCUT2D eigenvalue weighted by Gasteiger charge is 2.39. The van der Waals surface area contributed by atoms with Gasteiger partial charge in [-0.05, 0) is 81.5 Å². The maximum absolute atomic E-state index is 10.5. The summed E-state index contributed by atoms with van der Waals surface area (Å²) in [7, 11) is 0. The molecule has 1 aliphatic rings. The van der Waals surface area contributed by atoms with Crippen LogP contribution >= 0.6 is 43.2 Å². The number of halogens is 2. The third-order valence-electron chi connectivity index (χ3n) is 5.24. The van der Waals surface area contributed by atoms with Crippen LogP contribution in [0.1, 0.15) is 44.1 Å². The quantitative estimate of drug-likeness (QED) is 0.236. The molecule has 4 N–H and O–H groups in total. The van der Waals surface area contributed by atoms with Gasteiger partial charge in [-0.25, -0.2) is 0 Å². The van der Waals surface area contributed by atoms with Gasteiger partial charge >= 0.3 is 5.97 Å². The van der Waals surface area contributed by atoms with Crippen molar-refractivity contribution in [3.8, 4) is 0 Å². The van der Waals surface area contributed by atoms with Gasteiger partial charge in [0.25, 0.3) is 0 Å². The molecule has 1 aromatic heterocycles. The van der Waals surface area contributed by atoms with Crippen molar-refractivity contribution in [3.63, 3.8) is 0 Å². The van der Waals surface area contributed by atoms with Crippen LogP contribution in [0, 0.1) is 11.8 Å². The lowest BCUT2D eigenvalue weighted by atomic mass is 9.89. The molecule has 5 atom stereocenters. The van der Waals surface area contributed by atoms with Crippen molar-refractivity contribution in [1.29, 1.82) is 0 Å². The zero-order valence-electron chi connectivity index (χ0n) is 16.1. The fourth-order valence-electron chi connectivity index (χ4n) is 3.65. The Labute approximate surface area is 192 Å². The molecular weight excluding hydrogens is 524 g/mol. The Morgan fingerprint density at radius 3 is 2.69 bits per heavy atom. The first kappa shape index (κ1) is 24.8. The van der Waals surface area contributed by atoms with Gasteiger partial charge in [-0.2, -0.15) is 0 Å². The molecule has 162 valence electrons. The number of unbranched alkanes of at least 4 members (excludes halogenated alkanes) is 1. The van der Waals surface area contributed by atoms with E-state index in [9.17, 15) is 20.1 Å². The van der Waals surface area contributed by atoms with E-state index in [1.54, 1.807) is 17.4 Å². The summed E-state index contributed by atoms with van der Waals surface area (Å²) in [6.07, 6.45) is 9.34. The highest BCUT2D eigenvalue weighted by Crippen LogP contribution is 2.36. The van der Waals surface area contributed by atoms with Gasteiger partial charge in [0.15, 0.2) is 0 Å². The van der Waals surface area contributed by atoms with Crippen LogP contribution in [0.4, 0.5) is 0 Å². The van der Waals surface area contributed by atoms with E-state index in [0.717, 1.165) is 19.6 Å². The van der Waals surface area contributed by atoms with Crippen LogP contribution in [0.3, 0.4) is 0 Å². The third-order valence-corrected chi connectivity index (χ3v) is 7.71. The van der Waals surface area contributed by atoms with Crippen LogP contribution in [0.5, 0.6) is 0 Å². The average molecular weight is 552 g/mol. The van der Waals surface area contributed by atoms with Crippen LogP contribution in [-0.4, -0.2) is 44.7 Å². The first-order valence-electron chi connectivity index (χ1n) is 9.81. The number of aliphatic carboxylic acids is 1. The zero-order chi connectivity index (χ0) is 21.4. The predicted molar refractivity (Wildman–Crippen MR) is 122 cm³/mol. The molecule has 0 aliphatic heterocycles. The minimum Gasteiger partial charge on any atom is -0.481 e. The van der Waals surface area contributed by atoms with Gasteiger partial charge < -0.3 is 20.4 Å². The lowest BCUT2D eigenvalue weighted by Gasteiger charge is -2.19. The van der Waals surface area contributed by atoms with Gasteiger partial charge in [-0.3, -0.25) is 4.79 Å². The minimum atomic E-state index is -0.796. The smallest absolute Gasteiger partial charge is 0.303 e. The van der Waals surface area contributed by atoms with E-state index in [4.69, 9.17) is 5.11 Å². The number of hydrogen-bond acceptors (Lipinski definition) is 5. The van der Waals surface area contributed by atoms with Crippen molar-refractivity contribution in [1.82, 2.24) is 0 Å². The van der Waals surface area contributed by atoms with Crippen molar-refractivity contribution >= 4 is 49.2 Å². The van der Waals surface area contributed by atoms with Crippen molar-refractivity contribution in [3.05, 3.63) is 43.5 Å². The first-order chi connectivity index (χ1) is 13.8. The number of hydrogen-bond donors (Lipinski definition) is 4. The Kier molecular flexibility index (Phi) is 10.6. The van der Waals surface area contributed by atoms with Gasteiger partial charge in [0, 0.05) is 18.8 Å². The van der Waals surface area contributed by atoms with Crippen LogP contribution in [-0.2, 0) is 11.2 Å². The van der Waals surface area contributed by atoms with Gasteiger partial charge in [0.05, 0.1) is 25.9 Å². The largest absolute Gasteiger partial charge is 0.481 e. The summed E-state index contributed by atoms with van der Waals surface area (Å²) in [6, 6.07) is 2.04. The van der Waals surface area contributed by atoms with E-state index in [2.05, 4.69) is 31.9 Å². The fraction of sp³-hybridized carbons (Fsp3) is 0.571. The van der Waals surface area contributed by atoms with Crippen molar-refractivity contribution in [2.75, 3.05) is 0 Å². The third kappa shape index (κ3) is 8.26. The summed E-state index contributed by atoms with van der Waals surface area (Å²) in [5.74, 6) is -1.10. The second-order valence-corrected chi connectivity index (χ2v) is 11.2. The van der Waals surface area contributed by atoms with Crippen LogP contribution in [0.15, 0.2) is 37.9 Å². The average Bonchev–Trinajstić information content (AvgIpc) is 3.11. The molecule has 0 unspecified atom stereocenters. The Hall–Kier alpha value is -0.510. The second-order valence-electron chi connectivity index (χ2n) is 7.45. The van der Waals surface area contributed by atoms with Gasteiger partial charge in [-0.1, -0.05) is 24.3 Å². The number of aliphatic hydroxyl groups is 3. The summed E-state index contributed by atoms with van der Waals surface area (Å²) in [5.41, 5.74) is 1.15. The molecule has 0 saturated heterocycles. The van der Waals surface area contributed by atoms with Crippen LogP contribution in [0.25, 0.3) is 0 Å². The van der Waals surface area contributed by atoms with E-state index in [1.807, 2.05) is 24.3 Å². The molecule has 0 radical (unpaired) electrons. The van der Waals surface area contributed by atoms with E-state index in [-0.39, 0.29) is 18.3 Å². The highest BCUT2D eigenvalue weighted by atomic mass is 79.9. The van der Waals surface area contributed by atoms with Crippen molar-refractivity contribution in [2.45, 2.75) is 63.3 Å². The number of aryl methyl sites for hydroxylation is 1. The zero-order valence-corrected chi connectivity index (χ0v) is 20.1. The Morgan fingerprint density at radius 1 is 1.28 bits per heavy atom. The topological polar surface area (TPSA) is 98.0 Å². The normalized spacial score (nSPS) is 26.0. The number of aliphatic hydroxyl groups excluding tert-OH is 3. The summed E-state index contributed by atoms with van der Waals surface area (Å²) >= 11 is 8.58. The lowest BCUT2D eigenvalue weighted by molar-refractivity contribution is -0.137. The van der Waals surface area contributed by atoms with Crippen molar-refractivity contribution in [2.24, 2.45) is 11.8 Å². The molecule has 5 nitrogen and oxygen atoms in total. The van der Waals surface area contributed by atoms with Crippen LogP contribution < -0.4 is 0 Å². The van der Waals surface area contributed by atoms with E-state index >= 15 is 0 Å². The molecular formula is C21H28Br2O5S. The van der Waals surface area contributed by atoms with Gasteiger partial charge in [0.2, 0.25) is 0 Å². The number of thiophene rings is 1. The summed E-state index contributed by atoms with van der Waals surface area (Å²) in [4.78, 5) is 10.5. The first-order valence-corrected chi connectivity index (χ1v) is 12.2. The fourth-order valence-corrected chi connectivity index (χ4v) is 6.56. The van der Waals surface area contributed by atoms with E-state index in [0.29, 0.717) is 32.1 Å². The molecule has 0 spiro atoms. The molecule has 0 amide bonds. The SMILES string of the molecule is O=C(O)CCCC=CC[C@@H]1[C@@H](C=C[C@@H](O)CCc2cc(Br)sc2Br)[C@H](O)C[C@@H]1O. The lowest BCUT2D eigenvalue weighted by Crippen LogP contribution is -2.20. The molecule has 1 saturated carbocycles. The van der Waals surface area contributed by atoms with Crippen LogP contribution in [0.2, 0.25) is 0 Å². The van der Waals surface area contributed by atoms with E-state index < -0.39 is 24.3 Å². The number of rotatable bonds is 11. The van der Waals surface area contributed by atoms with Crippen molar-refractivity contribution < 1.29 is 25.2 Å². The summed E-state index contributed by atoms with van der Waals surface area (Å²) in [6.45, 7) is 0. The molecule has 2 rings (SSSR count). The molecule has 1 aliphatic carbocycles. The second kappa shape index (κ2) is 12.4. The Balaban J connectivity index is 1.84. The number of carboxylic acid groups (broad SMARTS) is 1. The van der Waals surface area contributed by atoms with Gasteiger partial charge in [-0.15, -0.1) is 11.3 Å². The standard InChI is InChI=1S/C21H28Br2O5S/c22-19-11-13(21(23)29-19)7-8-14(24)9-10-16-15(17(25)12-18(16)26)5-3-1-2-4-6-20(27)28/h1,3,9-11,14-18,24-26H,2,4-8,12H2,(H,27,28)/t14-,15+,16+,17-,18+/m0/s1. The summed E-state index contributed by atoms with van der Waals surface area (Å²) in [5, 5.41) is 39.5. The number of carbonyl (C=O) groups is 1. The maximum atomic E-state index is 10.5. The number of carboxylic acids is 1. The molecule has 0 bridgehead atoms. The molecule has 0 aromatic carbocycles. The minimum absolute atomic E-state index is 0.105. The highest BCUT2D eigenvalue weighted by molar-refractivity contribution is 9.12. The Morgan fingerprint density at radius 2 is 2.03 bits per heavy atom. The molecule has 1 fully saturated rings. The predicted octanol–water partition coefficient (Wildman–Crippen LogP) is 4.68. The van der Waals surface area contributed by atoms with E-state index in [1.165, 1.54) is 0 Å². The van der Waals surface area contributed by atoms with Gasteiger partial charge in [0.1, 0.15) is 0 Å². The molecule has 8 heteroatoms. The maximum Gasteiger partial charge on any atom is 0.303 e. The monoisotopic (exact) mass is 550 g/mol. The summed E-state index contributed by atoms with van der Waals surface area (Å²) < 4.78 is 2.11. The molecule has 1 heterocycles. The number of allylic oxidation sites excluding steroid dienone is 2. The Bertz CT molecular complexity index is 718. The molecule has 1 aromatic rings. The molecule has 29 heavy (non-hydrogen) atoms.